The van der Waals surface area contributed by atoms with Crippen LogP contribution in [0.3, 0.4) is 0 Å². The molecule has 0 radical (unpaired) electrons. The minimum Gasteiger partial charge on any atom is -0.479 e. The van der Waals surface area contributed by atoms with Gasteiger partial charge in [0.15, 0.2) is 5.16 Å². The summed E-state index contributed by atoms with van der Waals surface area (Å²) in [5, 5.41) is 25.4. The molecule has 1 aliphatic heterocycles. The molecule has 0 amide bonds. The monoisotopic (exact) mass is 325 g/mol. The lowest BCUT2D eigenvalue weighted by molar-refractivity contribution is -0.249. The Morgan fingerprint density at radius 3 is 2.64 bits per heavy atom. The van der Waals surface area contributed by atoms with Crippen molar-refractivity contribution in [1.82, 2.24) is 15.2 Å². The number of esters is 1. The van der Waals surface area contributed by atoms with Crippen LogP contribution in [0.5, 0.6) is 0 Å². The number of rotatable bonds is 3. The number of nitrogens with zero attached hydrogens (tertiary/aromatic N) is 4. The summed E-state index contributed by atoms with van der Waals surface area (Å²) >= 11 is 1.36. The number of hydrogen-bond acceptors (Lipinski definition) is 9. The summed E-state index contributed by atoms with van der Waals surface area (Å²) in [4.78, 5) is 14.8. The lowest BCUT2D eigenvalue weighted by Crippen LogP contribution is -2.43. The van der Waals surface area contributed by atoms with Crippen LogP contribution in [0, 0.1) is 0 Å². The molecule has 0 saturated heterocycles. The first kappa shape index (κ1) is 14.8. The Balaban J connectivity index is 1.78. The number of ether oxygens (including phenoxy) is 2. The Hall–Kier alpha value is -2.10. The fraction of sp³-hybridized carbons (Fsp3) is 0.583. The highest BCUT2D eigenvalue weighted by molar-refractivity contribution is 7.98. The molecule has 1 saturated carbocycles. The largest absolute Gasteiger partial charge is 0.479 e. The van der Waals surface area contributed by atoms with Crippen LogP contribution < -0.4 is 0 Å². The van der Waals surface area contributed by atoms with Crippen LogP contribution >= 0.6 is 11.8 Å². The molecule has 2 heterocycles. The summed E-state index contributed by atoms with van der Waals surface area (Å²) in [7, 11) is 0. The van der Waals surface area contributed by atoms with Gasteiger partial charge in [0.05, 0.1) is 0 Å². The fourth-order valence-corrected chi connectivity index (χ4v) is 2.72. The molecule has 1 spiro atoms. The minimum atomic E-state index is -1.06. The number of aliphatic hydroxyl groups is 1. The zero-order valence-electron chi connectivity index (χ0n) is 11.9. The van der Waals surface area contributed by atoms with Gasteiger partial charge in [-0.05, 0) is 19.1 Å². The average Bonchev–Trinajstić information content (AvgIpc) is 2.95. The standard InChI is InChI=1S/C12H15N5O4S/c1-22-11-13-10(16-17-11)15-14-7-8(18)20-12(21-9(7)19)5-3-2-4-6-12/h18H,2-6H2,1H3,(H,13,16,17). The van der Waals surface area contributed by atoms with Crippen LogP contribution in [-0.2, 0) is 14.3 Å². The molecule has 0 atom stereocenters. The summed E-state index contributed by atoms with van der Waals surface area (Å²) in [5.41, 5.74) is -0.377. The van der Waals surface area contributed by atoms with Gasteiger partial charge in [-0.1, -0.05) is 18.2 Å². The maximum atomic E-state index is 12.0. The molecule has 22 heavy (non-hydrogen) atoms. The van der Waals surface area contributed by atoms with E-state index >= 15 is 0 Å². The number of H-pyrrole nitrogens is 1. The zero-order chi connectivity index (χ0) is 15.6. The van der Waals surface area contributed by atoms with Crippen LogP contribution in [0.2, 0.25) is 0 Å². The molecule has 10 heteroatoms. The van der Waals surface area contributed by atoms with E-state index in [0.29, 0.717) is 18.0 Å². The van der Waals surface area contributed by atoms with E-state index in [4.69, 9.17) is 9.47 Å². The van der Waals surface area contributed by atoms with E-state index in [-0.39, 0.29) is 11.6 Å². The first-order chi connectivity index (χ1) is 10.6. The van der Waals surface area contributed by atoms with Crippen molar-refractivity contribution >= 4 is 23.7 Å². The third kappa shape index (κ3) is 2.91. The van der Waals surface area contributed by atoms with Crippen molar-refractivity contribution in [2.75, 3.05) is 6.26 Å². The number of thioether (sulfide) groups is 1. The van der Waals surface area contributed by atoms with Crippen molar-refractivity contribution in [3.63, 3.8) is 0 Å². The van der Waals surface area contributed by atoms with Crippen LogP contribution in [-0.4, -0.2) is 38.3 Å². The van der Waals surface area contributed by atoms with Gasteiger partial charge in [-0.25, -0.2) is 4.79 Å². The zero-order valence-corrected chi connectivity index (χ0v) is 12.7. The molecule has 1 aromatic rings. The van der Waals surface area contributed by atoms with Crippen molar-refractivity contribution in [3.05, 3.63) is 11.6 Å². The first-order valence-electron chi connectivity index (χ1n) is 6.86. The van der Waals surface area contributed by atoms with Crippen molar-refractivity contribution in [1.29, 1.82) is 0 Å². The second-order valence-corrected chi connectivity index (χ2v) is 5.77. The Morgan fingerprint density at radius 1 is 1.23 bits per heavy atom. The summed E-state index contributed by atoms with van der Waals surface area (Å²) in [6.07, 6.45) is 5.77. The van der Waals surface area contributed by atoms with E-state index in [1.807, 2.05) is 6.26 Å². The molecule has 9 nitrogen and oxygen atoms in total. The van der Waals surface area contributed by atoms with Crippen LogP contribution in [0.4, 0.5) is 5.95 Å². The molecule has 2 aliphatic rings. The van der Waals surface area contributed by atoms with E-state index in [2.05, 4.69) is 25.4 Å². The molecular formula is C12H15N5O4S. The fourth-order valence-electron chi connectivity index (χ4n) is 2.40. The van der Waals surface area contributed by atoms with Crippen LogP contribution in [0.25, 0.3) is 0 Å². The van der Waals surface area contributed by atoms with Gasteiger partial charge in [0, 0.05) is 12.8 Å². The molecule has 0 bridgehead atoms. The maximum absolute atomic E-state index is 12.0. The summed E-state index contributed by atoms with van der Waals surface area (Å²) in [6.45, 7) is 0. The molecule has 118 valence electrons. The Bertz CT molecular complexity index is 635. The van der Waals surface area contributed by atoms with Crippen molar-refractivity contribution in [2.45, 2.75) is 43.0 Å². The molecule has 0 aromatic carbocycles. The van der Waals surface area contributed by atoms with Gasteiger partial charge < -0.3 is 14.6 Å². The summed E-state index contributed by atoms with van der Waals surface area (Å²) in [5.74, 6) is -2.25. The number of nitrogens with one attached hydrogen (secondary N) is 1. The second-order valence-electron chi connectivity index (χ2n) is 4.97. The van der Waals surface area contributed by atoms with Gasteiger partial charge in [0.1, 0.15) is 0 Å². The van der Waals surface area contributed by atoms with Gasteiger partial charge >= 0.3 is 11.9 Å². The second kappa shape index (κ2) is 5.95. The molecule has 1 aliphatic carbocycles. The Labute approximate surface area is 130 Å². The van der Waals surface area contributed by atoms with Crippen LogP contribution in [0.15, 0.2) is 27.0 Å². The topological polar surface area (TPSA) is 122 Å². The molecule has 2 N–H and O–H groups in total. The highest BCUT2D eigenvalue weighted by Gasteiger charge is 2.45. The number of carbonyl (C=O) groups is 1. The van der Waals surface area contributed by atoms with E-state index in [9.17, 15) is 9.90 Å². The lowest BCUT2D eigenvalue weighted by Gasteiger charge is -2.38. The first-order valence-corrected chi connectivity index (χ1v) is 8.08. The minimum absolute atomic E-state index is 0.121. The molecule has 1 aromatic heterocycles. The van der Waals surface area contributed by atoms with Gasteiger partial charge in [-0.3, -0.25) is 4.98 Å². The quantitative estimate of drug-likeness (QED) is 0.497. The third-order valence-electron chi connectivity index (χ3n) is 3.47. The SMILES string of the molecule is CSc1nnc(N=NC2=C(O)OC3(CCCCC3)OC2=O)[nH]1. The van der Waals surface area contributed by atoms with Gasteiger partial charge in [0.2, 0.25) is 0 Å². The normalized spacial score (nSPS) is 21.2. The van der Waals surface area contributed by atoms with Gasteiger partial charge in [-0.15, -0.1) is 20.4 Å². The molecule has 3 rings (SSSR count). The van der Waals surface area contributed by atoms with Crippen LogP contribution in [0.1, 0.15) is 32.1 Å². The van der Waals surface area contributed by atoms with E-state index in [1.165, 1.54) is 11.8 Å². The molecule has 1 fully saturated rings. The number of azo groups is 1. The highest BCUT2D eigenvalue weighted by atomic mass is 32.2. The number of hydrogen-bond donors (Lipinski definition) is 2. The van der Waals surface area contributed by atoms with E-state index in [0.717, 1.165) is 19.3 Å². The molecular weight excluding hydrogens is 310 g/mol. The number of aromatic nitrogens is 3. The Morgan fingerprint density at radius 2 is 2.00 bits per heavy atom. The van der Waals surface area contributed by atoms with Gasteiger partial charge in [0.25, 0.3) is 17.4 Å². The van der Waals surface area contributed by atoms with E-state index in [1.54, 1.807) is 0 Å². The van der Waals surface area contributed by atoms with Crippen molar-refractivity contribution in [3.8, 4) is 0 Å². The third-order valence-corrected chi connectivity index (χ3v) is 4.04. The summed E-state index contributed by atoms with van der Waals surface area (Å²) in [6, 6.07) is 0. The highest BCUT2D eigenvalue weighted by Crippen LogP contribution is 2.38. The van der Waals surface area contributed by atoms with Crippen molar-refractivity contribution < 1.29 is 19.4 Å². The summed E-state index contributed by atoms with van der Waals surface area (Å²) < 4.78 is 10.7. The number of aromatic amines is 1. The smallest absolute Gasteiger partial charge is 0.369 e. The number of carbonyl (C=O) groups excluding carboxylic acids is 1. The maximum Gasteiger partial charge on any atom is 0.369 e. The Kier molecular flexibility index (Phi) is 4.01. The van der Waals surface area contributed by atoms with Crippen molar-refractivity contribution in [2.24, 2.45) is 10.2 Å². The van der Waals surface area contributed by atoms with Gasteiger partial charge in [-0.2, -0.15) is 0 Å². The molecule has 0 unspecified atom stereocenters. The number of aliphatic hydroxyl groups excluding tert-OH is 1. The average molecular weight is 325 g/mol. The predicted molar refractivity (Wildman–Crippen MR) is 75.3 cm³/mol. The predicted octanol–water partition coefficient (Wildman–Crippen LogP) is 2.57. The van der Waals surface area contributed by atoms with E-state index < -0.39 is 17.7 Å². The lowest BCUT2D eigenvalue weighted by atomic mass is 9.93.